The fraction of sp³-hybridized carbons (Fsp3) is 0.478. The number of nitrogens with zero attached hydrogens (tertiary/aromatic N) is 1. The molecule has 0 spiro atoms. The first-order chi connectivity index (χ1) is 13.1. The van der Waals surface area contributed by atoms with Crippen molar-refractivity contribution in [1.29, 1.82) is 0 Å². The Morgan fingerprint density at radius 3 is 2.30 bits per heavy atom. The molecule has 27 heavy (non-hydrogen) atoms. The van der Waals surface area contributed by atoms with E-state index in [-0.39, 0.29) is 0 Å². The first-order valence-electron chi connectivity index (χ1n) is 9.72. The molecule has 0 saturated carbocycles. The van der Waals surface area contributed by atoms with Crippen LogP contribution in [0.4, 0.5) is 0 Å². The summed E-state index contributed by atoms with van der Waals surface area (Å²) >= 11 is 0. The third-order valence-electron chi connectivity index (χ3n) is 4.48. The number of rotatable bonds is 12. The standard InChI is InChI=1S/C23H33NO3/c1-19(2)13-14-24(15-20-9-11-23(26-3)12-10-20)16-22(25)18-27-17-21-7-5-4-6-8-21/h4-12,19,22,25H,13-18H2,1-3H3. The van der Waals surface area contributed by atoms with Gasteiger partial charge in [-0.05, 0) is 42.1 Å². The highest BCUT2D eigenvalue weighted by molar-refractivity contribution is 5.27. The second kappa shape index (κ2) is 11.8. The zero-order valence-corrected chi connectivity index (χ0v) is 16.8. The van der Waals surface area contributed by atoms with Gasteiger partial charge >= 0.3 is 0 Å². The van der Waals surface area contributed by atoms with Crippen molar-refractivity contribution in [2.75, 3.05) is 26.8 Å². The maximum atomic E-state index is 10.4. The van der Waals surface area contributed by atoms with Crippen molar-refractivity contribution in [3.05, 3.63) is 65.7 Å². The van der Waals surface area contributed by atoms with E-state index in [1.54, 1.807) is 7.11 Å². The van der Waals surface area contributed by atoms with Crippen LogP contribution in [0.1, 0.15) is 31.4 Å². The molecule has 2 rings (SSSR count). The summed E-state index contributed by atoms with van der Waals surface area (Å²) in [7, 11) is 1.68. The second-order valence-corrected chi connectivity index (χ2v) is 7.42. The first-order valence-corrected chi connectivity index (χ1v) is 9.72. The van der Waals surface area contributed by atoms with Crippen molar-refractivity contribution in [2.45, 2.75) is 39.5 Å². The van der Waals surface area contributed by atoms with Crippen molar-refractivity contribution in [3.63, 3.8) is 0 Å². The Labute approximate surface area is 163 Å². The van der Waals surface area contributed by atoms with Gasteiger partial charge in [-0.15, -0.1) is 0 Å². The van der Waals surface area contributed by atoms with Crippen LogP contribution in [0.3, 0.4) is 0 Å². The maximum absolute atomic E-state index is 10.4. The fourth-order valence-electron chi connectivity index (χ4n) is 2.90. The zero-order chi connectivity index (χ0) is 19.5. The second-order valence-electron chi connectivity index (χ2n) is 7.42. The van der Waals surface area contributed by atoms with Gasteiger partial charge < -0.3 is 14.6 Å². The lowest BCUT2D eigenvalue weighted by Crippen LogP contribution is -2.35. The number of hydrogen-bond donors (Lipinski definition) is 1. The van der Waals surface area contributed by atoms with Crippen LogP contribution in [0, 0.1) is 5.92 Å². The van der Waals surface area contributed by atoms with Crippen LogP contribution >= 0.6 is 0 Å². The molecule has 0 amide bonds. The Hall–Kier alpha value is -1.88. The molecule has 0 aliphatic carbocycles. The SMILES string of the molecule is COc1ccc(CN(CCC(C)C)CC(O)COCc2ccccc2)cc1. The monoisotopic (exact) mass is 371 g/mol. The quantitative estimate of drug-likeness (QED) is 0.609. The Morgan fingerprint density at radius 2 is 1.67 bits per heavy atom. The molecule has 2 aromatic rings. The number of methoxy groups -OCH3 is 1. The summed E-state index contributed by atoms with van der Waals surface area (Å²) in [6.07, 6.45) is 0.604. The van der Waals surface area contributed by atoms with Gasteiger partial charge in [0.25, 0.3) is 0 Å². The van der Waals surface area contributed by atoms with Crippen molar-refractivity contribution in [2.24, 2.45) is 5.92 Å². The molecule has 1 unspecified atom stereocenters. The molecule has 1 atom stereocenters. The van der Waals surface area contributed by atoms with Crippen molar-refractivity contribution < 1.29 is 14.6 Å². The number of benzene rings is 2. The Morgan fingerprint density at radius 1 is 0.963 bits per heavy atom. The van der Waals surface area contributed by atoms with Crippen LogP contribution in [0.2, 0.25) is 0 Å². The number of aliphatic hydroxyl groups is 1. The van der Waals surface area contributed by atoms with E-state index in [9.17, 15) is 5.11 Å². The number of ether oxygens (including phenoxy) is 2. The minimum atomic E-state index is -0.501. The van der Waals surface area contributed by atoms with Gasteiger partial charge in [0.1, 0.15) is 5.75 Å². The summed E-state index contributed by atoms with van der Waals surface area (Å²) in [4.78, 5) is 2.30. The zero-order valence-electron chi connectivity index (χ0n) is 16.8. The molecule has 0 aliphatic heterocycles. The average molecular weight is 372 g/mol. The predicted octanol–water partition coefficient (Wildman–Crippen LogP) is 4.12. The normalized spacial score (nSPS) is 12.5. The van der Waals surface area contributed by atoms with Crippen molar-refractivity contribution in [3.8, 4) is 5.75 Å². The molecule has 0 aliphatic rings. The summed E-state index contributed by atoms with van der Waals surface area (Å²) < 4.78 is 10.9. The van der Waals surface area contributed by atoms with Gasteiger partial charge in [-0.2, -0.15) is 0 Å². The first kappa shape index (κ1) is 21.4. The minimum Gasteiger partial charge on any atom is -0.497 e. The van der Waals surface area contributed by atoms with Crippen LogP contribution in [-0.4, -0.2) is 42.9 Å². The lowest BCUT2D eigenvalue weighted by molar-refractivity contribution is 0.00789. The van der Waals surface area contributed by atoms with Crippen LogP contribution in [0.5, 0.6) is 5.75 Å². The third-order valence-corrected chi connectivity index (χ3v) is 4.48. The largest absolute Gasteiger partial charge is 0.497 e. The van der Waals surface area contributed by atoms with Gasteiger partial charge in [0.2, 0.25) is 0 Å². The summed E-state index contributed by atoms with van der Waals surface area (Å²) in [6.45, 7) is 7.70. The van der Waals surface area contributed by atoms with E-state index < -0.39 is 6.10 Å². The van der Waals surface area contributed by atoms with E-state index in [1.807, 2.05) is 42.5 Å². The van der Waals surface area contributed by atoms with Gasteiger partial charge in [-0.25, -0.2) is 0 Å². The van der Waals surface area contributed by atoms with E-state index in [2.05, 4.69) is 30.9 Å². The molecule has 2 aromatic carbocycles. The van der Waals surface area contributed by atoms with E-state index in [0.29, 0.717) is 25.7 Å². The average Bonchev–Trinajstić information content (AvgIpc) is 2.67. The molecular formula is C23H33NO3. The van der Waals surface area contributed by atoms with Gasteiger partial charge in [0.05, 0.1) is 26.4 Å². The molecule has 0 heterocycles. The minimum absolute atomic E-state index is 0.343. The van der Waals surface area contributed by atoms with E-state index in [0.717, 1.165) is 30.8 Å². The van der Waals surface area contributed by atoms with E-state index in [1.165, 1.54) is 5.56 Å². The molecule has 0 bridgehead atoms. The topological polar surface area (TPSA) is 41.9 Å². The van der Waals surface area contributed by atoms with Gasteiger partial charge in [-0.3, -0.25) is 4.90 Å². The highest BCUT2D eigenvalue weighted by Crippen LogP contribution is 2.14. The Bertz CT molecular complexity index is 628. The molecule has 148 valence electrons. The van der Waals surface area contributed by atoms with E-state index in [4.69, 9.17) is 9.47 Å². The van der Waals surface area contributed by atoms with Crippen LogP contribution in [0.25, 0.3) is 0 Å². The Balaban J connectivity index is 1.84. The van der Waals surface area contributed by atoms with Gasteiger partial charge in [0, 0.05) is 13.1 Å². The molecular weight excluding hydrogens is 338 g/mol. The molecule has 1 N–H and O–H groups in total. The molecule has 0 aromatic heterocycles. The summed E-state index contributed by atoms with van der Waals surface area (Å²) in [5.41, 5.74) is 2.34. The molecule has 4 nitrogen and oxygen atoms in total. The molecule has 0 fully saturated rings. The number of hydrogen-bond acceptors (Lipinski definition) is 4. The van der Waals surface area contributed by atoms with Gasteiger partial charge in [-0.1, -0.05) is 56.3 Å². The lowest BCUT2D eigenvalue weighted by atomic mass is 10.1. The maximum Gasteiger partial charge on any atom is 0.118 e. The van der Waals surface area contributed by atoms with Crippen LogP contribution < -0.4 is 4.74 Å². The highest BCUT2D eigenvalue weighted by atomic mass is 16.5. The highest BCUT2D eigenvalue weighted by Gasteiger charge is 2.13. The van der Waals surface area contributed by atoms with Crippen LogP contribution in [0.15, 0.2) is 54.6 Å². The molecule has 0 saturated heterocycles. The molecule has 4 heteroatoms. The summed E-state index contributed by atoms with van der Waals surface area (Å²) in [6, 6.07) is 18.2. The predicted molar refractivity (Wildman–Crippen MR) is 110 cm³/mol. The van der Waals surface area contributed by atoms with Gasteiger partial charge in [0.15, 0.2) is 0 Å². The summed E-state index contributed by atoms with van der Waals surface area (Å²) in [5.74, 6) is 1.50. The smallest absolute Gasteiger partial charge is 0.118 e. The molecule has 0 radical (unpaired) electrons. The van der Waals surface area contributed by atoms with Crippen molar-refractivity contribution in [1.82, 2.24) is 4.90 Å². The fourth-order valence-corrected chi connectivity index (χ4v) is 2.90. The Kier molecular flexibility index (Phi) is 9.32. The third kappa shape index (κ3) is 8.57. The van der Waals surface area contributed by atoms with Crippen LogP contribution in [-0.2, 0) is 17.9 Å². The lowest BCUT2D eigenvalue weighted by Gasteiger charge is -2.26. The van der Waals surface area contributed by atoms with E-state index >= 15 is 0 Å². The summed E-state index contributed by atoms with van der Waals surface area (Å²) in [5, 5.41) is 10.4. The number of aliphatic hydroxyl groups excluding tert-OH is 1. The van der Waals surface area contributed by atoms with Crippen molar-refractivity contribution >= 4 is 0 Å².